The number of fused-ring (bicyclic) bond motifs is 1. The lowest BCUT2D eigenvalue weighted by atomic mass is 10.1. The molecule has 0 fully saturated rings. The first-order chi connectivity index (χ1) is 7.22. The van der Waals surface area contributed by atoms with E-state index in [1.807, 2.05) is 19.1 Å². The van der Waals surface area contributed by atoms with Crippen LogP contribution in [0, 0.1) is 0 Å². The molecule has 1 aliphatic heterocycles. The second-order valence-corrected chi connectivity index (χ2v) is 3.44. The van der Waals surface area contributed by atoms with Crippen LogP contribution < -0.4 is 0 Å². The Morgan fingerprint density at radius 1 is 1.40 bits per heavy atom. The van der Waals surface area contributed by atoms with Crippen molar-refractivity contribution < 1.29 is 14.6 Å². The molecule has 0 saturated heterocycles. The molecule has 1 aliphatic rings. The average Bonchev–Trinajstić information content (AvgIpc) is 2.57. The molecule has 0 aromatic heterocycles. The van der Waals surface area contributed by atoms with E-state index < -0.39 is 6.10 Å². The Balaban J connectivity index is 2.40. The maximum atomic E-state index is 11.4. The number of ether oxygens (including phenoxy) is 1. The SMILES string of the molecule is CCC(O)/C=C1/OC(=O)c2ccccc21. The third-order valence-corrected chi connectivity index (χ3v) is 2.38. The molecule has 78 valence electrons. The van der Waals surface area contributed by atoms with Crippen LogP contribution in [0.2, 0.25) is 0 Å². The van der Waals surface area contributed by atoms with E-state index in [4.69, 9.17) is 4.74 Å². The fourth-order valence-corrected chi connectivity index (χ4v) is 1.50. The quantitative estimate of drug-likeness (QED) is 0.749. The van der Waals surface area contributed by atoms with Gasteiger partial charge in [0.2, 0.25) is 0 Å². The van der Waals surface area contributed by atoms with Crippen LogP contribution in [0.1, 0.15) is 29.3 Å². The molecule has 0 amide bonds. The zero-order valence-electron chi connectivity index (χ0n) is 8.43. The largest absolute Gasteiger partial charge is 0.422 e. The molecule has 3 nitrogen and oxygen atoms in total. The first kappa shape index (κ1) is 9.93. The molecule has 0 aliphatic carbocycles. The fraction of sp³-hybridized carbons (Fsp3) is 0.250. The summed E-state index contributed by atoms with van der Waals surface area (Å²) < 4.78 is 5.07. The zero-order chi connectivity index (χ0) is 10.8. The second kappa shape index (κ2) is 3.87. The minimum atomic E-state index is -0.570. The smallest absolute Gasteiger partial charge is 0.344 e. The van der Waals surface area contributed by atoms with Crippen molar-refractivity contribution in [1.82, 2.24) is 0 Å². The highest BCUT2D eigenvalue weighted by atomic mass is 16.5. The number of hydrogen-bond donors (Lipinski definition) is 1. The molecule has 0 spiro atoms. The standard InChI is InChI=1S/C12H12O3/c1-2-8(13)7-11-9-5-3-4-6-10(9)12(14)15-11/h3-8,13H,2H2,1H3/b11-7+. The van der Waals surface area contributed by atoms with Crippen molar-refractivity contribution in [3.8, 4) is 0 Å². The normalized spacial score (nSPS) is 18.8. The molecular formula is C12H12O3. The highest BCUT2D eigenvalue weighted by molar-refractivity contribution is 6.02. The topological polar surface area (TPSA) is 46.5 Å². The maximum absolute atomic E-state index is 11.4. The lowest BCUT2D eigenvalue weighted by Gasteiger charge is -2.02. The number of aliphatic hydroxyl groups is 1. The monoisotopic (exact) mass is 204 g/mol. The van der Waals surface area contributed by atoms with E-state index in [-0.39, 0.29) is 5.97 Å². The van der Waals surface area contributed by atoms with Gasteiger partial charge < -0.3 is 9.84 Å². The molecule has 1 aromatic carbocycles. The highest BCUT2D eigenvalue weighted by Crippen LogP contribution is 2.29. The molecule has 1 atom stereocenters. The van der Waals surface area contributed by atoms with Gasteiger partial charge in [0.15, 0.2) is 0 Å². The number of aliphatic hydroxyl groups excluding tert-OH is 1. The van der Waals surface area contributed by atoms with Gasteiger partial charge in [0, 0.05) is 5.56 Å². The predicted octanol–water partition coefficient (Wildman–Crippen LogP) is 1.97. The Bertz CT molecular complexity index is 421. The summed E-state index contributed by atoms with van der Waals surface area (Å²) >= 11 is 0. The molecule has 2 rings (SSSR count). The van der Waals surface area contributed by atoms with Crippen molar-refractivity contribution in [2.24, 2.45) is 0 Å². The third kappa shape index (κ3) is 1.78. The fourth-order valence-electron chi connectivity index (χ4n) is 1.50. The summed E-state index contributed by atoms with van der Waals surface area (Å²) in [5, 5.41) is 9.46. The summed E-state index contributed by atoms with van der Waals surface area (Å²) in [6.45, 7) is 1.87. The van der Waals surface area contributed by atoms with Gasteiger partial charge in [0.25, 0.3) is 0 Å². The molecule has 1 heterocycles. The lowest BCUT2D eigenvalue weighted by Crippen LogP contribution is -2.00. The van der Waals surface area contributed by atoms with Crippen molar-refractivity contribution in [3.05, 3.63) is 41.5 Å². The summed E-state index contributed by atoms with van der Waals surface area (Å²) in [5.74, 6) is 0.116. The molecule has 1 aromatic rings. The first-order valence-electron chi connectivity index (χ1n) is 4.94. The van der Waals surface area contributed by atoms with Crippen molar-refractivity contribution in [2.45, 2.75) is 19.4 Å². The summed E-state index contributed by atoms with van der Waals surface area (Å²) in [6.07, 6.45) is 1.60. The van der Waals surface area contributed by atoms with Gasteiger partial charge in [-0.3, -0.25) is 0 Å². The zero-order valence-corrected chi connectivity index (χ0v) is 8.43. The Kier molecular flexibility index (Phi) is 2.56. The molecule has 0 bridgehead atoms. The van der Waals surface area contributed by atoms with Gasteiger partial charge in [-0.15, -0.1) is 0 Å². The van der Waals surface area contributed by atoms with E-state index in [2.05, 4.69) is 0 Å². The maximum Gasteiger partial charge on any atom is 0.344 e. The molecule has 1 N–H and O–H groups in total. The average molecular weight is 204 g/mol. The Hall–Kier alpha value is -1.61. The van der Waals surface area contributed by atoms with Crippen LogP contribution in [0.15, 0.2) is 30.3 Å². The second-order valence-electron chi connectivity index (χ2n) is 3.44. The Morgan fingerprint density at radius 2 is 2.07 bits per heavy atom. The van der Waals surface area contributed by atoms with Gasteiger partial charge in [-0.25, -0.2) is 4.79 Å². The van der Waals surface area contributed by atoms with Crippen LogP contribution in [0.25, 0.3) is 5.76 Å². The number of carbonyl (C=O) groups is 1. The number of rotatable bonds is 2. The van der Waals surface area contributed by atoms with Gasteiger partial charge in [-0.1, -0.05) is 25.1 Å². The Morgan fingerprint density at radius 3 is 2.73 bits per heavy atom. The molecule has 3 heteroatoms. The van der Waals surface area contributed by atoms with Crippen molar-refractivity contribution in [3.63, 3.8) is 0 Å². The molecule has 1 unspecified atom stereocenters. The molecule has 0 radical (unpaired) electrons. The van der Waals surface area contributed by atoms with Crippen LogP contribution >= 0.6 is 0 Å². The van der Waals surface area contributed by atoms with E-state index in [1.54, 1.807) is 18.2 Å². The Labute approximate surface area is 88.0 Å². The summed E-state index contributed by atoms with van der Waals surface area (Å²) in [6, 6.07) is 7.16. The van der Waals surface area contributed by atoms with Crippen molar-refractivity contribution >= 4 is 11.7 Å². The summed E-state index contributed by atoms with van der Waals surface area (Å²) in [7, 11) is 0. The van der Waals surface area contributed by atoms with E-state index in [0.717, 1.165) is 5.56 Å². The van der Waals surface area contributed by atoms with Gasteiger partial charge >= 0.3 is 5.97 Å². The minimum absolute atomic E-state index is 0.347. The van der Waals surface area contributed by atoms with E-state index in [0.29, 0.717) is 17.7 Å². The van der Waals surface area contributed by atoms with Crippen LogP contribution in [0.4, 0.5) is 0 Å². The minimum Gasteiger partial charge on any atom is -0.422 e. The van der Waals surface area contributed by atoms with Gasteiger partial charge in [0.05, 0.1) is 11.7 Å². The van der Waals surface area contributed by atoms with Crippen LogP contribution in [0.5, 0.6) is 0 Å². The summed E-state index contributed by atoms with van der Waals surface area (Å²) in [5.41, 5.74) is 1.32. The van der Waals surface area contributed by atoms with Gasteiger partial charge in [-0.2, -0.15) is 0 Å². The molecule has 0 saturated carbocycles. The third-order valence-electron chi connectivity index (χ3n) is 2.38. The first-order valence-corrected chi connectivity index (χ1v) is 4.94. The number of esters is 1. The van der Waals surface area contributed by atoms with Crippen LogP contribution in [-0.4, -0.2) is 17.2 Å². The number of benzene rings is 1. The molecule has 15 heavy (non-hydrogen) atoms. The van der Waals surface area contributed by atoms with Crippen LogP contribution in [-0.2, 0) is 4.74 Å². The van der Waals surface area contributed by atoms with E-state index in [9.17, 15) is 9.90 Å². The van der Waals surface area contributed by atoms with Crippen molar-refractivity contribution in [1.29, 1.82) is 0 Å². The highest BCUT2D eigenvalue weighted by Gasteiger charge is 2.25. The lowest BCUT2D eigenvalue weighted by molar-refractivity contribution is 0.0713. The van der Waals surface area contributed by atoms with E-state index >= 15 is 0 Å². The van der Waals surface area contributed by atoms with Gasteiger partial charge in [-0.05, 0) is 18.6 Å². The van der Waals surface area contributed by atoms with Crippen molar-refractivity contribution in [2.75, 3.05) is 0 Å². The predicted molar refractivity (Wildman–Crippen MR) is 56.1 cm³/mol. The molecular weight excluding hydrogens is 192 g/mol. The number of carbonyl (C=O) groups excluding carboxylic acids is 1. The van der Waals surface area contributed by atoms with Crippen LogP contribution in [0.3, 0.4) is 0 Å². The summed E-state index contributed by atoms with van der Waals surface area (Å²) in [4.78, 5) is 11.4. The van der Waals surface area contributed by atoms with E-state index in [1.165, 1.54) is 0 Å². The number of hydrogen-bond acceptors (Lipinski definition) is 3. The number of cyclic esters (lactones) is 1. The van der Waals surface area contributed by atoms with Gasteiger partial charge in [0.1, 0.15) is 5.76 Å².